The molecular formula is C54H35NO. The number of aromatic nitrogens is 1. The number of pyridine rings is 1. The number of nitrogens with zero attached hydrogens (tertiary/aromatic N) is 1. The molecule has 2 heterocycles. The van der Waals surface area contributed by atoms with Crippen LogP contribution < -0.4 is 0 Å². The Morgan fingerprint density at radius 3 is 1.54 bits per heavy atom. The SMILES string of the molecule is c1ccc(-c2cc(-c3cccc(-c4cccc5c4oc4cc6c(cc45)-c4ccccc4C6(c4ccccc4)c4ccccc4)c3)cc(-c3ccccc3)n2)cc1. The first-order valence-corrected chi connectivity index (χ1v) is 19.2. The van der Waals surface area contributed by atoms with Crippen molar-refractivity contribution in [3.05, 3.63) is 235 Å². The van der Waals surface area contributed by atoms with Crippen molar-refractivity contribution < 1.29 is 4.42 Å². The molecule has 0 radical (unpaired) electrons. The average Bonchev–Trinajstić information content (AvgIpc) is 3.79. The number of benzene rings is 8. The molecule has 0 saturated heterocycles. The van der Waals surface area contributed by atoms with Crippen LogP contribution >= 0.6 is 0 Å². The van der Waals surface area contributed by atoms with Gasteiger partial charge < -0.3 is 4.42 Å². The highest BCUT2D eigenvalue weighted by Crippen LogP contribution is 2.57. The van der Waals surface area contributed by atoms with E-state index in [1.165, 1.54) is 33.4 Å². The molecule has 11 rings (SSSR count). The van der Waals surface area contributed by atoms with Gasteiger partial charge in [0.25, 0.3) is 0 Å². The minimum atomic E-state index is -0.486. The van der Waals surface area contributed by atoms with E-state index in [9.17, 15) is 0 Å². The minimum absolute atomic E-state index is 0.486. The Labute approximate surface area is 326 Å². The number of furan rings is 1. The van der Waals surface area contributed by atoms with Crippen LogP contribution in [-0.4, -0.2) is 4.98 Å². The summed E-state index contributed by atoms with van der Waals surface area (Å²) in [6.45, 7) is 0. The quantitative estimate of drug-likeness (QED) is 0.171. The lowest BCUT2D eigenvalue weighted by atomic mass is 9.67. The fourth-order valence-corrected chi connectivity index (χ4v) is 9.04. The zero-order chi connectivity index (χ0) is 37.1. The number of para-hydroxylation sites is 1. The summed E-state index contributed by atoms with van der Waals surface area (Å²) in [5.41, 5.74) is 17.3. The second kappa shape index (κ2) is 12.9. The molecule has 1 aliphatic carbocycles. The second-order valence-corrected chi connectivity index (χ2v) is 14.6. The van der Waals surface area contributed by atoms with Crippen molar-refractivity contribution in [2.24, 2.45) is 0 Å². The molecule has 0 N–H and O–H groups in total. The number of rotatable bonds is 6. The van der Waals surface area contributed by atoms with Gasteiger partial charge >= 0.3 is 0 Å². The smallest absolute Gasteiger partial charge is 0.143 e. The normalized spacial score (nSPS) is 12.8. The van der Waals surface area contributed by atoms with Gasteiger partial charge in [0.1, 0.15) is 11.2 Å². The first kappa shape index (κ1) is 32.2. The van der Waals surface area contributed by atoms with Crippen molar-refractivity contribution in [1.29, 1.82) is 0 Å². The van der Waals surface area contributed by atoms with E-state index in [2.05, 4.69) is 200 Å². The Morgan fingerprint density at radius 2 is 0.875 bits per heavy atom. The van der Waals surface area contributed by atoms with Crippen LogP contribution in [0, 0.1) is 0 Å². The molecule has 0 amide bonds. The zero-order valence-corrected chi connectivity index (χ0v) is 30.6. The summed E-state index contributed by atoms with van der Waals surface area (Å²) in [6, 6.07) is 76.1. The van der Waals surface area contributed by atoms with Crippen LogP contribution in [0.15, 0.2) is 217 Å². The van der Waals surface area contributed by atoms with Crippen LogP contribution in [0.25, 0.3) is 77.8 Å². The highest BCUT2D eigenvalue weighted by molar-refractivity contribution is 6.12. The minimum Gasteiger partial charge on any atom is -0.455 e. The van der Waals surface area contributed by atoms with Crippen LogP contribution in [0.1, 0.15) is 22.3 Å². The van der Waals surface area contributed by atoms with Gasteiger partial charge in [-0.2, -0.15) is 0 Å². The summed E-state index contributed by atoms with van der Waals surface area (Å²) < 4.78 is 7.02. The molecule has 0 fully saturated rings. The summed E-state index contributed by atoms with van der Waals surface area (Å²) in [5, 5.41) is 2.24. The van der Waals surface area contributed by atoms with Gasteiger partial charge in [0.15, 0.2) is 0 Å². The number of fused-ring (bicyclic) bond motifs is 6. The fraction of sp³-hybridized carbons (Fsp3) is 0.0185. The van der Waals surface area contributed by atoms with Crippen molar-refractivity contribution in [1.82, 2.24) is 4.98 Å². The lowest BCUT2D eigenvalue weighted by Crippen LogP contribution is -2.28. The fourth-order valence-electron chi connectivity index (χ4n) is 9.04. The van der Waals surface area contributed by atoms with Gasteiger partial charge in [0, 0.05) is 27.5 Å². The van der Waals surface area contributed by atoms with E-state index < -0.39 is 5.41 Å². The molecule has 0 spiro atoms. The Morgan fingerprint density at radius 1 is 0.339 bits per heavy atom. The summed E-state index contributed by atoms with van der Waals surface area (Å²) in [7, 11) is 0. The van der Waals surface area contributed by atoms with Gasteiger partial charge in [-0.15, -0.1) is 0 Å². The molecular weight excluding hydrogens is 679 g/mol. The maximum atomic E-state index is 7.02. The van der Waals surface area contributed by atoms with Crippen LogP contribution in [0.2, 0.25) is 0 Å². The topological polar surface area (TPSA) is 26.0 Å². The highest BCUT2D eigenvalue weighted by Gasteiger charge is 2.46. The standard InChI is InChI=1S/C54H35NO/c1-5-17-36(18-6-1)50-32-40(33-51(55-50)37-19-7-2-8-20-37)38-21-15-22-39(31-38)43-28-16-29-45-47-34-46-44-27-13-14-30-48(44)54(41-23-9-3-10-24-41,42-25-11-4-12-26-42)49(46)35-52(47)56-53(43)45/h1-35H. The van der Waals surface area contributed by atoms with Crippen LogP contribution in [-0.2, 0) is 5.41 Å². The predicted molar refractivity (Wildman–Crippen MR) is 231 cm³/mol. The van der Waals surface area contributed by atoms with E-state index in [1.54, 1.807) is 0 Å². The highest BCUT2D eigenvalue weighted by atomic mass is 16.3. The van der Waals surface area contributed by atoms with E-state index in [0.29, 0.717) is 0 Å². The molecule has 0 saturated carbocycles. The molecule has 2 aromatic heterocycles. The Hall–Kier alpha value is -7.29. The monoisotopic (exact) mass is 713 g/mol. The average molecular weight is 714 g/mol. The zero-order valence-electron chi connectivity index (χ0n) is 30.6. The molecule has 2 nitrogen and oxygen atoms in total. The first-order valence-electron chi connectivity index (χ1n) is 19.2. The molecule has 0 bridgehead atoms. The van der Waals surface area contributed by atoms with Gasteiger partial charge in [-0.3, -0.25) is 0 Å². The van der Waals surface area contributed by atoms with Crippen LogP contribution in [0.5, 0.6) is 0 Å². The summed E-state index contributed by atoms with van der Waals surface area (Å²) >= 11 is 0. The molecule has 262 valence electrons. The summed E-state index contributed by atoms with van der Waals surface area (Å²) in [6.07, 6.45) is 0. The van der Waals surface area contributed by atoms with E-state index in [1.807, 2.05) is 12.1 Å². The van der Waals surface area contributed by atoms with Gasteiger partial charge in [0.2, 0.25) is 0 Å². The van der Waals surface area contributed by atoms with Crippen molar-refractivity contribution in [3.63, 3.8) is 0 Å². The van der Waals surface area contributed by atoms with Crippen LogP contribution in [0.4, 0.5) is 0 Å². The van der Waals surface area contributed by atoms with Gasteiger partial charge in [-0.1, -0.05) is 182 Å². The van der Waals surface area contributed by atoms with E-state index >= 15 is 0 Å². The Bertz CT molecular complexity index is 2960. The second-order valence-electron chi connectivity index (χ2n) is 14.6. The molecule has 10 aromatic rings. The first-order chi connectivity index (χ1) is 27.8. The third-order valence-electron chi connectivity index (χ3n) is 11.5. The third-order valence-corrected chi connectivity index (χ3v) is 11.5. The van der Waals surface area contributed by atoms with E-state index in [0.717, 1.165) is 66.7 Å². The molecule has 0 unspecified atom stereocenters. The molecule has 8 aromatic carbocycles. The molecule has 2 heteroatoms. The molecule has 0 aliphatic heterocycles. The van der Waals surface area contributed by atoms with Gasteiger partial charge in [0.05, 0.1) is 16.8 Å². The Kier molecular flexibility index (Phi) is 7.43. The van der Waals surface area contributed by atoms with E-state index in [4.69, 9.17) is 9.40 Å². The maximum absolute atomic E-state index is 7.02. The number of hydrogen-bond acceptors (Lipinski definition) is 2. The number of hydrogen-bond donors (Lipinski definition) is 0. The van der Waals surface area contributed by atoms with Crippen molar-refractivity contribution in [3.8, 4) is 55.9 Å². The van der Waals surface area contributed by atoms with Gasteiger partial charge in [-0.05, 0) is 80.4 Å². The summed E-state index contributed by atoms with van der Waals surface area (Å²) in [5.74, 6) is 0. The Balaban J connectivity index is 1.09. The van der Waals surface area contributed by atoms with E-state index in [-0.39, 0.29) is 0 Å². The molecule has 0 atom stereocenters. The van der Waals surface area contributed by atoms with Crippen LogP contribution in [0.3, 0.4) is 0 Å². The van der Waals surface area contributed by atoms with Crippen molar-refractivity contribution in [2.45, 2.75) is 5.41 Å². The van der Waals surface area contributed by atoms with Gasteiger partial charge in [-0.25, -0.2) is 4.98 Å². The van der Waals surface area contributed by atoms with Crippen molar-refractivity contribution in [2.75, 3.05) is 0 Å². The largest absolute Gasteiger partial charge is 0.455 e. The summed E-state index contributed by atoms with van der Waals surface area (Å²) in [4.78, 5) is 5.12. The van der Waals surface area contributed by atoms with Crippen molar-refractivity contribution >= 4 is 21.9 Å². The molecule has 56 heavy (non-hydrogen) atoms. The predicted octanol–water partition coefficient (Wildman–Crippen LogP) is 14.0. The lowest BCUT2D eigenvalue weighted by molar-refractivity contribution is 0.667. The molecule has 1 aliphatic rings. The lowest BCUT2D eigenvalue weighted by Gasteiger charge is -2.33. The third kappa shape index (κ3) is 5.00. The maximum Gasteiger partial charge on any atom is 0.143 e.